The van der Waals surface area contributed by atoms with Crippen molar-refractivity contribution < 1.29 is 9.53 Å². The van der Waals surface area contributed by atoms with Crippen LogP contribution in [-0.4, -0.2) is 18.5 Å². The first-order valence-electron chi connectivity index (χ1n) is 2.96. The number of urea groups is 1. The van der Waals surface area contributed by atoms with E-state index in [-0.39, 0.29) is 0 Å². The van der Waals surface area contributed by atoms with Crippen molar-refractivity contribution in [3.8, 4) is 0 Å². The number of amides is 2. The maximum absolute atomic E-state index is 10.5. The van der Waals surface area contributed by atoms with Gasteiger partial charge in [0.2, 0.25) is 5.90 Å². The van der Waals surface area contributed by atoms with Crippen LogP contribution in [0, 0.1) is 0 Å². The predicted molar refractivity (Wildman–Crippen MR) is 35.7 cm³/mol. The average Bonchev–Trinajstić information content (AvgIpc) is 1.88. The molecule has 0 aromatic heterocycles. The van der Waals surface area contributed by atoms with E-state index in [1.807, 2.05) is 6.92 Å². The highest BCUT2D eigenvalue weighted by Crippen LogP contribution is 1.93. The number of hydrogen-bond donors (Lipinski definition) is 0. The van der Waals surface area contributed by atoms with E-state index in [2.05, 4.69) is 10.3 Å². The van der Waals surface area contributed by atoms with Crippen LogP contribution in [0.4, 0.5) is 4.79 Å². The summed E-state index contributed by atoms with van der Waals surface area (Å²) in [5.74, 6) is 0.336. The second-order valence-corrected chi connectivity index (χ2v) is 1.61. The Morgan fingerprint density at radius 2 is 2.50 bits per heavy atom. The van der Waals surface area contributed by atoms with Gasteiger partial charge in [-0.15, -0.1) is 0 Å². The van der Waals surface area contributed by atoms with E-state index in [9.17, 15) is 4.79 Å². The van der Waals surface area contributed by atoms with Gasteiger partial charge in [-0.3, -0.25) is 0 Å². The molecule has 4 nitrogen and oxygen atoms in total. The molecule has 0 saturated carbocycles. The zero-order valence-electron chi connectivity index (χ0n) is 5.57. The zero-order valence-corrected chi connectivity index (χ0v) is 5.57. The Balaban J connectivity index is 2.57. The first-order valence-corrected chi connectivity index (χ1v) is 2.96. The van der Waals surface area contributed by atoms with Crippen LogP contribution in [0.5, 0.6) is 0 Å². The quantitative estimate of drug-likeness (QED) is 0.536. The van der Waals surface area contributed by atoms with Gasteiger partial charge in [0.15, 0.2) is 0 Å². The van der Waals surface area contributed by atoms with Gasteiger partial charge in [-0.1, -0.05) is 0 Å². The number of aliphatic imine (C=N–C) groups is 1. The number of ether oxygens (including phenoxy) is 1. The van der Waals surface area contributed by atoms with Crippen LogP contribution in [0.15, 0.2) is 17.3 Å². The average molecular weight is 139 g/mol. The van der Waals surface area contributed by atoms with E-state index in [1.165, 1.54) is 6.20 Å². The molecule has 0 fully saturated rings. The standard InChI is InChI=1S/C6H7N2O2/c1-2-10-5-3-4-7-6(9)8-5/h3-4H,2H2,1H3. The fraction of sp³-hybridized carbons (Fsp3) is 0.333. The Kier molecular flexibility index (Phi) is 2.04. The monoisotopic (exact) mass is 139 g/mol. The number of carbonyl (C=O) groups excluding carboxylic acids is 1. The molecular weight excluding hydrogens is 132 g/mol. The Labute approximate surface area is 58.6 Å². The van der Waals surface area contributed by atoms with Gasteiger partial charge in [0, 0.05) is 12.3 Å². The van der Waals surface area contributed by atoms with Gasteiger partial charge in [0.1, 0.15) is 0 Å². The molecule has 0 aromatic carbocycles. The Hall–Kier alpha value is -1.32. The van der Waals surface area contributed by atoms with E-state index in [4.69, 9.17) is 4.74 Å². The summed E-state index contributed by atoms with van der Waals surface area (Å²) >= 11 is 0. The minimum absolute atomic E-state index is 0.336. The lowest BCUT2D eigenvalue weighted by atomic mass is 10.5. The molecule has 0 aliphatic carbocycles. The Morgan fingerprint density at radius 3 is 3.10 bits per heavy atom. The van der Waals surface area contributed by atoms with Gasteiger partial charge in [-0.2, -0.15) is 10.3 Å². The summed E-state index contributed by atoms with van der Waals surface area (Å²) in [7, 11) is 0. The lowest BCUT2D eigenvalue weighted by molar-refractivity contribution is 0.249. The van der Waals surface area contributed by atoms with Crippen molar-refractivity contribution in [3.05, 3.63) is 12.3 Å². The molecule has 1 aliphatic rings. The molecule has 10 heavy (non-hydrogen) atoms. The van der Waals surface area contributed by atoms with Gasteiger partial charge in [0.25, 0.3) is 0 Å². The van der Waals surface area contributed by atoms with E-state index < -0.39 is 6.03 Å². The molecule has 0 atom stereocenters. The fourth-order valence-corrected chi connectivity index (χ4v) is 0.553. The normalized spacial score (nSPS) is 16.1. The van der Waals surface area contributed by atoms with Crippen molar-refractivity contribution in [1.29, 1.82) is 0 Å². The van der Waals surface area contributed by atoms with E-state index in [0.717, 1.165) is 0 Å². The van der Waals surface area contributed by atoms with Crippen LogP contribution in [-0.2, 0) is 4.74 Å². The van der Waals surface area contributed by atoms with Crippen LogP contribution < -0.4 is 5.32 Å². The van der Waals surface area contributed by atoms with Crippen molar-refractivity contribution in [3.63, 3.8) is 0 Å². The molecular formula is C6H7N2O2. The van der Waals surface area contributed by atoms with Gasteiger partial charge >= 0.3 is 6.03 Å². The highest BCUT2D eigenvalue weighted by molar-refractivity contribution is 5.99. The highest BCUT2D eigenvalue weighted by atomic mass is 16.5. The van der Waals surface area contributed by atoms with Crippen LogP contribution in [0.25, 0.3) is 0 Å². The molecule has 0 N–H and O–H groups in total. The first-order chi connectivity index (χ1) is 4.83. The minimum Gasteiger partial charge on any atom is -0.478 e. The number of rotatable bonds is 1. The van der Waals surface area contributed by atoms with E-state index in [1.54, 1.807) is 6.08 Å². The minimum atomic E-state index is -0.508. The van der Waals surface area contributed by atoms with Gasteiger partial charge in [0.05, 0.1) is 6.61 Å². The molecule has 1 heterocycles. The molecule has 53 valence electrons. The summed E-state index contributed by atoms with van der Waals surface area (Å²) in [6, 6.07) is -0.508. The van der Waals surface area contributed by atoms with Crippen molar-refractivity contribution >= 4 is 11.9 Å². The second-order valence-electron chi connectivity index (χ2n) is 1.61. The second kappa shape index (κ2) is 3.00. The SMILES string of the molecule is CCOC1=NC(=O)[N]C=C1. The molecule has 2 amide bonds. The van der Waals surface area contributed by atoms with E-state index in [0.29, 0.717) is 12.5 Å². The third-order valence-corrected chi connectivity index (χ3v) is 0.900. The molecule has 0 unspecified atom stereocenters. The fourth-order valence-electron chi connectivity index (χ4n) is 0.553. The van der Waals surface area contributed by atoms with Crippen LogP contribution in [0.1, 0.15) is 6.92 Å². The summed E-state index contributed by atoms with van der Waals surface area (Å²) in [5, 5.41) is 3.38. The predicted octanol–water partition coefficient (Wildman–Crippen LogP) is 0.673. The van der Waals surface area contributed by atoms with Gasteiger partial charge in [-0.25, -0.2) is 4.79 Å². The summed E-state index contributed by atoms with van der Waals surface area (Å²) in [6.45, 7) is 2.34. The molecule has 1 radical (unpaired) electrons. The van der Waals surface area contributed by atoms with Gasteiger partial charge in [-0.05, 0) is 6.92 Å². The maximum atomic E-state index is 10.5. The topological polar surface area (TPSA) is 52.8 Å². The summed E-state index contributed by atoms with van der Waals surface area (Å²) in [5.41, 5.74) is 0. The molecule has 0 aromatic rings. The smallest absolute Gasteiger partial charge is 0.370 e. The highest BCUT2D eigenvalue weighted by Gasteiger charge is 2.05. The summed E-state index contributed by atoms with van der Waals surface area (Å²) in [4.78, 5) is 13.9. The van der Waals surface area contributed by atoms with Crippen molar-refractivity contribution in [2.75, 3.05) is 6.61 Å². The lowest BCUT2D eigenvalue weighted by Crippen LogP contribution is -2.15. The summed E-state index contributed by atoms with van der Waals surface area (Å²) in [6.07, 6.45) is 2.92. The zero-order chi connectivity index (χ0) is 7.40. The number of hydrogen-bond acceptors (Lipinski definition) is 2. The molecule has 1 rings (SSSR count). The maximum Gasteiger partial charge on any atom is 0.370 e. The largest absolute Gasteiger partial charge is 0.478 e. The molecule has 0 spiro atoms. The van der Waals surface area contributed by atoms with Crippen LogP contribution >= 0.6 is 0 Å². The van der Waals surface area contributed by atoms with Crippen LogP contribution in [0.2, 0.25) is 0 Å². The molecule has 0 bridgehead atoms. The van der Waals surface area contributed by atoms with Crippen molar-refractivity contribution in [2.45, 2.75) is 6.92 Å². The molecule has 4 heteroatoms. The van der Waals surface area contributed by atoms with Crippen LogP contribution in [0.3, 0.4) is 0 Å². The number of nitrogens with zero attached hydrogens (tertiary/aromatic N) is 2. The van der Waals surface area contributed by atoms with E-state index >= 15 is 0 Å². The number of carbonyl (C=O) groups is 1. The summed E-state index contributed by atoms with van der Waals surface area (Å²) < 4.78 is 4.94. The van der Waals surface area contributed by atoms with Crippen molar-refractivity contribution in [1.82, 2.24) is 5.32 Å². The third-order valence-electron chi connectivity index (χ3n) is 0.900. The third kappa shape index (κ3) is 1.58. The van der Waals surface area contributed by atoms with Crippen molar-refractivity contribution in [2.24, 2.45) is 4.99 Å². The van der Waals surface area contributed by atoms with Gasteiger partial charge < -0.3 is 4.74 Å². The Bertz CT molecular complexity index is 196. The molecule has 1 aliphatic heterocycles. The Morgan fingerprint density at radius 1 is 1.70 bits per heavy atom. The first kappa shape index (κ1) is 6.80. The lowest BCUT2D eigenvalue weighted by Gasteiger charge is -2.03. The molecule has 0 saturated heterocycles.